The van der Waals surface area contributed by atoms with E-state index in [-0.39, 0.29) is 6.61 Å². The van der Waals surface area contributed by atoms with Crippen molar-refractivity contribution in [2.24, 2.45) is 0 Å². The zero-order chi connectivity index (χ0) is 11.4. The maximum absolute atomic E-state index is 11.4. The average Bonchev–Trinajstić information content (AvgIpc) is 2.14. The number of nitrogens with one attached hydrogen (secondary N) is 1. The number of carbonyl (C=O) groups is 1. The fourth-order valence-electron chi connectivity index (χ4n) is 0.712. The van der Waals surface area contributed by atoms with Crippen LogP contribution < -0.4 is 4.72 Å². The molecule has 0 amide bonds. The Labute approximate surface area is 83.3 Å². The molecule has 7 heteroatoms. The molecule has 0 fully saturated rings. The normalized spacial score (nSPS) is 16.0. The third-order valence-electron chi connectivity index (χ3n) is 1.64. The summed E-state index contributed by atoms with van der Waals surface area (Å²) in [5.41, 5.74) is 0. The summed E-state index contributed by atoms with van der Waals surface area (Å²) in [7, 11) is -2.65. The predicted molar refractivity (Wildman–Crippen MR) is 50.1 cm³/mol. The number of hydrogen-bond donors (Lipinski definition) is 2. The molecule has 0 saturated heterocycles. The number of sulfonamides is 1. The Hall–Kier alpha value is -0.660. The predicted octanol–water partition coefficient (Wildman–Crippen LogP) is -1.15. The highest BCUT2D eigenvalue weighted by molar-refractivity contribution is 7.90. The zero-order valence-electron chi connectivity index (χ0n) is 8.35. The minimum atomic E-state index is -3.77. The standard InChI is InChI=1S/C7H15NO5S/c1-5(4-9)8-14(11,12)6(2)7(10)13-3/h5-6,8-9H,4H2,1-3H3/t5-,6?/m0/s1. The highest BCUT2D eigenvalue weighted by atomic mass is 32.2. The van der Waals surface area contributed by atoms with E-state index in [1.807, 2.05) is 0 Å². The van der Waals surface area contributed by atoms with Crippen LogP contribution in [0.5, 0.6) is 0 Å². The number of hydrogen-bond acceptors (Lipinski definition) is 5. The Balaban J connectivity index is 4.55. The van der Waals surface area contributed by atoms with E-state index in [1.165, 1.54) is 13.8 Å². The lowest BCUT2D eigenvalue weighted by Crippen LogP contribution is -2.43. The minimum Gasteiger partial charge on any atom is -0.468 e. The summed E-state index contributed by atoms with van der Waals surface area (Å²) in [6.07, 6.45) is 0. The van der Waals surface area contributed by atoms with E-state index in [0.29, 0.717) is 0 Å². The molecule has 1 unspecified atom stereocenters. The number of esters is 1. The molecule has 0 radical (unpaired) electrons. The van der Waals surface area contributed by atoms with Crippen LogP contribution in [0.15, 0.2) is 0 Å². The third kappa shape index (κ3) is 3.60. The maximum Gasteiger partial charge on any atom is 0.325 e. The Bertz CT molecular complexity index is 286. The van der Waals surface area contributed by atoms with Gasteiger partial charge in [0.15, 0.2) is 5.25 Å². The summed E-state index contributed by atoms with van der Waals surface area (Å²) in [6.45, 7) is 2.38. The molecule has 0 aliphatic heterocycles. The monoisotopic (exact) mass is 225 g/mol. The van der Waals surface area contributed by atoms with Gasteiger partial charge in [-0.05, 0) is 13.8 Å². The van der Waals surface area contributed by atoms with Crippen molar-refractivity contribution < 1.29 is 23.1 Å². The second-order valence-corrected chi connectivity index (χ2v) is 4.94. The molecule has 0 aliphatic carbocycles. The van der Waals surface area contributed by atoms with Gasteiger partial charge in [0, 0.05) is 6.04 Å². The fourth-order valence-corrected chi connectivity index (χ4v) is 1.90. The van der Waals surface area contributed by atoms with Gasteiger partial charge in [0.05, 0.1) is 13.7 Å². The van der Waals surface area contributed by atoms with Crippen LogP contribution in [0.4, 0.5) is 0 Å². The summed E-state index contributed by atoms with van der Waals surface area (Å²) < 4.78 is 29.2. The van der Waals surface area contributed by atoms with Gasteiger partial charge in [-0.15, -0.1) is 0 Å². The van der Waals surface area contributed by atoms with Crippen LogP contribution in [0.25, 0.3) is 0 Å². The van der Waals surface area contributed by atoms with E-state index < -0.39 is 27.3 Å². The van der Waals surface area contributed by atoms with Crippen molar-refractivity contribution >= 4 is 16.0 Å². The van der Waals surface area contributed by atoms with Crippen molar-refractivity contribution in [3.8, 4) is 0 Å². The van der Waals surface area contributed by atoms with Crippen molar-refractivity contribution in [2.45, 2.75) is 25.1 Å². The van der Waals surface area contributed by atoms with Crippen LogP contribution in [0.1, 0.15) is 13.8 Å². The van der Waals surface area contributed by atoms with Gasteiger partial charge in [-0.2, -0.15) is 0 Å². The smallest absolute Gasteiger partial charge is 0.325 e. The van der Waals surface area contributed by atoms with Crippen LogP contribution in [0.2, 0.25) is 0 Å². The number of methoxy groups -OCH3 is 1. The summed E-state index contributed by atoms with van der Waals surface area (Å²) in [6, 6.07) is -0.618. The van der Waals surface area contributed by atoms with Gasteiger partial charge in [-0.25, -0.2) is 13.1 Å². The van der Waals surface area contributed by atoms with Gasteiger partial charge in [0.25, 0.3) is 0 Å². The van der Waals surface area contributed by atoms with Gasteiger partial charge < -0.3 is 9.84 Å². The second kappa shape index (κ2) is 5.28. The Morgan fingerprint density at radius 3 is 2.36 bits per heavy atom. The van der Waals surface area contributed by atoms with Crippen LogP contribution in [0.3, 0.4) is 0 Å². The van der Waals surface area contributed by atoms with Crippen molar-refractivity contribution in [1.29, 1.82) is 0 Å². The van der Waals surface area contributed by atoms with Crippen molar-refractivity contribution in [3.05, 3.63) is 0 Å². The van der Waals surface area contributed by atoms with Gasteiger partial charge in [-0.3, -0.25) is 4.79 Å². The lowest BCUT2D eigenvalue weighted by atomic mass is 10.4. The molecule has 14 heavy (non-hydrogen) atoms. The first-order valence-electron chi connectivity index (χ1n) is 4.05. The summed E-state index contributed by atoms with van der Waals surface area (Å²) in [5.74, 6) is -0.831. The third-order valence-corrected chi connectivity index (χ3v) is 3.49. The molecule has 0 aromatic rings. The lowest BCUT2D eigenvalue weighted by molar-refractivity contribution is -0.139. The molecular weight excluding hydrogens is 210 g/mol. The molecule has 0 aromatic heterocycles. The van der Waals surface area contributed by atoms with Crippen molar-refractivity contribution in [2.75, 3.05) is 13.7 Å². The molecule has 0 rings (SSSR count). The van der Waals surface area contributed by atoms with Gasteiger partial charge in [0.2, 0.25) is 10.0 Å². The molecule has 0 aromatic carbocycles. The van der Waals surface area contributed by atoms with Crippen LogP contribution >= 0.6 is 0 Å². The highest BCUT2D eigenvalue weighted by Crippen LogP contribution is 2.01. The second-order valence-electron chi connectivity index (χ2n) is 2.91. The first kappa shape index (κ1) is 13.3. The van der Waals surface area contributed by atoms with Gasteiger partial charge in [-0.1, -0.05) is 0 Å². The lowest BCUT2D eigenvalue weighted by Gasteiger charge is -2.15. The fraction of sp³-hybridized carbons (Fsp3) is 0.857. The van der Waals surface area contributed by atoms with E-state index in [4.69, 9.17) is 5.11 Å². The molecule has 0 saturated carbocycles. The van der Waals surface area contributed by atoms with E-state index in [1.54, 1.807) is 0 Å². The number of carbonyl (C=O) groups excluding carboxylic acids is 1. The summed E-state index contributed by atoms with van der Waals surface area (Å²) in [4.78, 5) is 10.9. The Morgan fingerprint density at radius 2 is 2.00 bits per heavy atom. The zero-order valence-corrected chi connectivity index (χ0v) is 9.17. The molecule has 2 N–H and O–H groups in total. The van der Waals surface area contributed by atoms with Gasteiger partial charge >= 0.3 is 5.97 Å². The van der Waals surface area contributed by atoms with Crippen molar-refractivity contribution in [1.82, 2.24) is 4.72 Å². The van der Waals surface area contributed by atoms with E-state index in [0.717, 1.165) is 7.11 Å². The highest BCUT2D eigenvalue weighted by Gasteiger charge is 2.29. The Kier molecular flexibility index (Phi) is 5.03. The number of aliphatic hydroxyl groups is 1. The number of aliphatic hydroxyl groups excluding tert-OH is 1. The summed E-state index contributed by atoms with van der Waals surface area (Å²) >= 11 is 0. The molecule has 0 heterocycles. The molecule has 0 spiro atoms. The number of ether oxygens (including phenoxy) is 1. The van der Waals surface area contributed by atoms with E-state index in [2.05, 4.69) is 9.46 Å². The van der Waals surface area contributed by atoms with Crippen molar-refractivity contribution in [3.63, 3.8) is 0 Å². The van der Waals surface area contributed by atoms with Gasteiger partial charge in [0.1, 0.15) is 0 Å². The maximum atomic E-state index is 11.4. The quantitative estimate of drug-likeness (QED) is 0.576. The first-order valence-corrected chi connectivity index (χ1v) is 5.59. The SMILES string of the molecule is COC(=O)C(C)S(=O)(=O)N[C@@H](C)CO. The van der Waals surface area contributed by atoms with E-state index >= 15 is 0 Å². The largest absolute Gasteiger partial charge is 0.468 e. The summed E-state index contributed by atoms with van der Waals surface area (Å²) in [5, 5.41) is 7.36. The molecule has 0 bridgehead atoms. The van der Waals surface area contributed by atoms with Crippen LogP contribution in [-0.4, -0.2) is 44.5 Å². The first-order chi connectivity index (χ1) is 6.35. The number of rotatable bonds is 5. The van der Waals surface area contributed by atoms with Crippen LogP contribution in [0, 0.1) is 0 Å². The Morgan fingerprint density at radius 1 is 1.50 bits per heavy atom. The molecule has 6 nitrogen and oxygen atoms in total. The molecule has 84 valence electrons. The molecule has 0 aliphatic rings. The molecule has 2 atom stereocenters. The van der Waals surface area contributed by atoms with E-state index in [9.17, 15) is 13.2 Å². The van der Waals surface area contributed by atoms with Crippen LogP contribution in [-0.2, 0) is 19.6 Å². The minimum absolute atomic E-state index is 0.326. The average molecular weight is 225 g/mol. The topological polar surface area (TPSA) is 92.7 Å². The molecular formula is C7H15NO5S.